The molecule has 134 valence electrons. The molecule has 1 aromatic rings. The maximum Gasteiger partial charge on any atom is 0.221 e. The minimum Gasteiger partial charge on any atom is -0.356 e. The Labute approximate surface area is 144 Å². The van der Waals surface area contributed by atoms with Crippen LogP contribution in [0.2, 0.25) is 0 Å². The molecule has 3 N–H and O–H groups in total. The van der Waals surface area contributed by atoms with Crippen LogP contribution in [0.15, 0.2) is 23.5 Å². The van der Waals surface area contributed by atoms with Gasteiger partial charge in [-0.3, -0.25) is 14.5 Å². The number of carbonyl (C=O) groups excluding carboxylic acids is 1. The summed E-state index contributed by atoms with van der Waals surface area (Å²) < 4.78 is 1.91. The molecule has 1 aromatic heterocycles. The van der Waals surface area contributed by atoms with Crippen molar-refractivity contribution in [3.8, 4) is 0 Å². The maximum atomic E-state index is 12.0. The first-order valence-corrected chi connectivity index (χ1v) is 8.99. The highest BCUT2D eigenvalue weighted by Crippen LogP contribution is 2.17. The van der Waals surface area contributed by atoms with Crippen molar-refractivity contribution in [1.29, 1.82) is 0 Å². The second kappa shape index (κ2) is 10.7. The quantitative estimate of drug-likeness (QED) is 0.380. The van der Waals surface area contributed by atoms with Gasteiger partial charge in [0.2, 0.25) is 5.91 Å². The Morgan fingerprint density at radius 1 is 1.25 bits per heavy atom. The molecule has 7 heteroatoms. The molecule has 0 aromatic carbocycles. The van der Waals surface area contributed by atoms with Crippen molar-refractivity contribution in [1.82, 2.24) is 25.7 Å². The second-order valence-electron chi connectivity index (χ2n) is 6.20. The van der Waals surface area contributed by atoms with Crippen LogP contribution in [0.25, 0.3) is 0 Å². The summed E-state index contributed by atoms with van der Waals surface area (Å²) in [5.74, 6) is 0.865. The normalized spacial score (nSPS) is 16.0. The Morgan fingerprint density at radius 3 is 2.75 bits per heavy atom. The van der Waals surface area contributed by atoms with Crippen LogP contribution in [0.3, 0.4) is 0 Å². The average molecular weight is 334 g/mol. The molecule has 24 heavy (non-hydrogen) atoms. The summed E-state index contributed by atoms with van der Waals surface area (Å²) >= 11 is 0. The number of hydrogen-bond donors (Lipinski definition) is 3. The Hall–Kier alpha value is -2.05. The van der Waals surface area contributed by atoms with Crippen molar-refractivity contribution in [3.05, 3.63) is 18.5 Å². The van der Waals surface area contributed by atoms with E-state index in [2.05, 4.69) is 26.0 Å². The maximum absolute atomic E-state index is 12.0. The van der Waals surface area contributed by atoms with E-state index in [1.54, 1.807) is 13.2 Å². The number of nitrogens with zero attached hydrogens (tertiary/aromatic N) is 3. The third-order valence-corrected chi connectivity index (χ3v) is 4.25. The Morgan fingerprint density at radius 2 is 2.04 bits per heavy atom. The molecule has 0 bridgehead atoms. The molecular formula is C17H30N6O. The molecule has 1 aliphatic rings. The van der Waals surface area contributed by atoms with Gasteiger partial charge < -0.3 is 16.0 Å². The fraction of sp³-hybridized carbons (Fsp3) is 0.706. The summed E-state index contributed by atoms with van der Waals surface area (Å²) in [6.07, 6.45) is 11.2. The van der Waals surface area contributed by atoms with Gasteiger partial charge in [0.15, 0.2) is 5.96 Å². The van der Waals surface area contributed by atoms with Crippen LogP contribution < -0.4 is 16.0 Å². The number of aromatic nitrogens is 2. The van der Waals surface area contributed by atoms with Gasteiger partial charge in [0.05, 0.1) is 0 Å². The summed E-state index contributed by atoms with van der Waals surface area (Å²) in [5.41, 5.74) is 0. The van der Waals surface area contributed by atoms with Crippen LogP contribution >= 0.6 is 0 Å². The highest BCUT2D eigenvalue weighted by atomic mass is 16.1. The molecule has 1 heterocycles. The predicted molar refractivity (Wildman–Crippen MR) is 95.8 cm³/mol. The van der Waals surface area contributed by atoms with E-state index in [0.29, 0.717) is 19.0 Å². The molecule has 1 saturated carbocycles. The zero-order chi connectivity index (χ0) is 17.0. The van der Waals surface area contributed by atoms with E-state index in [9.17, 15) is 4.79 Å². The van der Waals surface area contributed by atoms with E-state index in [0.717, 1.165) is 38.3 Å². The number of hydrogen-bond acceptors (Lipinski definition) is 3. The van der Waals surface area contributed by atoms with Crippen LogP contribution in [0.5, 0.6) is 0 Å². The first-order chi connectivity index (χ1) is 11.8. The molecule has 0 unspecified atom stereocenters. The van der Waals surface area contributed by atoms with Gasteiger partial charge in [-0.25, -0.2) is 0 Å². The summed E-state index contributed by atoms with van der Waals surface area (Å²) in [4.78, 5) is 16.1. The summed E-state index contributed by atoms with van der Waals surface area (Å²) in [6, 6.07) is 2.30. The van der Waals surface area contributed by atoms with Crippen molar-refractivity contribution >= 4 is 11.9 Å². The van der Waals surface area contributed by atoms with E-state index < -0.39 is 0 Å². The van der Waals surface area contributed by atoms with E-state index in [4.69, 9.17) is 0 Å². The number of aliphatic imine (C=N–C) groups is 1. The van der Waals surface area contributed by atoms with Gasteiger partial charge in [-0.05, 0) is 25.3 Å². The van der Waals surface area contributed by atoms with E-state index in [-0.39, 0.29) is 5.91 Å². The van der Waals surface area contributed by atoms with E-state index in [1.165, 1.54) is 19.3 Å². The smallest absolute Gasteiger partial charge is 0.221 e. The summed E-state index contributed by atoms with van der Waals surface area (Å²) in [6.45, 7) is 2.28. The summed E-state index contributed by atoms with van der Waals surface area (Å²) in [5, 5.41) is 13.7. The van der Waals surface area contributed by atoms with Crippen molar-refractivity contribution in [2.75, 3.05) is 20.1 Å². The zero-order valence-electron chi connectivity index (χ0n) is 14.6. The SMILES string of the molecule is CN=C(NCCCn1cccn1)NCCC(=O)NC1CCCCC1. The molecule has 0 atom stereocenters. The lowest BCUT2D eigenvalue weighted by Crippen LogP contribution is -2.41. The molecule has 7 nitrogen and oxygen atoms in total. The molecule has 2 rings (SSSR count). The van der Waals surface area contributed by atoms with Crippen LogP contribution in [0.4, 0.5) is 0 Å². The van der Waals surface area contributed by atoms with Crippen LogP contribution in [0.1, 0.15) is 44.9 Å². The number of amides is 1. The van der Waals surface area contributed by atoms with Gasteiger partial charge in [-0.15, -0.1) is 0 Å². The molecule has 0 spiro atoms. The fourth-order valence-corrected chi connectivity index (χ4v) is 2.94. The number of nitrogens with one attached hydrogen (secondary N) is 3. The van der Waals surface area contributed by atoms with Gasteiger partial charge in [0.25, 0.3) is 0 Å². The number of guanidine groups is 1. The topological polar surface area (TPSA) is 83.3 Å². The van der Waals surface area contributed by atoms with Gasteiger partial charge in [0, 0.05) is 51.5 Å². The van der Waals surface area contributed by atoms with E-state index >= 15 is 0 Å². The van der Waals surface area contributed by atoms with Gasteiger partial charge in [-0.2, -0.15) is 5.10 Å². The van der Waals surface area contributed by atoms with Crippen molar-refractivity contribution in [3.63, 3.8) is 0 Å². The standard InChI is InChI=1S/C17H30N6O/c1-18-17(19-10-5-13-23-14-6-11-21-23)20-12-9-16(24)22-15-7-3-2-4-8-15/h6,11,14-15H,2-5,7-10,12-13H2,1H3,(H,22,24)(H2,18,19,20). The first kappa shape index (κ1) is 18.3. The second-order valence-corrected chi connectivity index (χ2v) is 6.20. The third-order valence-electron chi connectivity index (χ3n) is 4.25. The molecule has 1 fully saturated rings. The number of rotatable bonds is 8. The molecule has 0 aliphatic heterocycles. The Bertz CT molecular complexity index is 493. The lowest BCUT2D eigenvalue weighted by molar-refractivity contribution is -0.121. The van der Waals surface area contributed by atoms with Gasteiger partial charge in [-0.1, -0.05) is 19.3 Å². The fourth-order valence-electron chi connectivity index (χ4n) is 2.94. The third kappa shape index (κ3) is 7.02. The minimum atomic E-state index is 0.128. The van der Waals surface area contributed by atoms with Crippen LogP contribution in [0, 0.1) is 0 Å². The lowest BCUT2D eigenvalue weighted by atomic mass is 9.95. The average Bonchev–Trinajstić information content (AvgIpc) is 3.11. The Balaban J connectivity index is 1.53. The number of aryl methyl sites for hydroxylation is 1. The van der Waals surface area contributed by atoms with Crippen molar-refractivity contribution < 1.29 is 4.79 Å². The summed E-state index contributed by atoms with van der Waals surface area (Å²) in [7, 11) is 1.74. The molecule has 1 aliphatic carbocycles. The zero-order valence-corrected chi connectivity index (χ0v) is 14.6. The minimum absolute atomic E-state index is 0.128. The van der Waals surface area contributed by atoms with Crippen molar-refractivity contribution in [2.24, 2.45) is 4.99 Å². The monoisotopic (exact) mass is 334 g/mol. The van der Waals surface area contributed by atoms with Gasteiger partial charge >= 0.3 is 0 Å². The highest BCUT2D eigenvalue weighted by molar-refractivity contribution is 5.81. The molecular weight excluding hydrogens is 304 g/mol. The first-order valence-electron chi connectivity index (χ1n) is 8.99. The number of carbonyl (C=O) groups is 1. The lowest BCUT2D eigenvalue weighted by Gasteiger charge is -2.22. The predicted octanol–water partition coefficient (Wildman–Crippen LogP) is 1.28. The molecule has 1 amide bonds. The van der Waals surface area contributed by atoms with Crippen LogP contribution in [-0.4, -0.2) is 47.8 Å². The molecule has 0 radical (unpaired) electrons. The Kier molecular flexibility index (Phi) is 8.13. The molecule has 0 saturated heterocycles. The van der Waals surface area contributed by atoms with Crippen molar-refractivity contribution in [2.45, 2.75) is 57.5 Å². The van der Waals surface area contributed by atoms with E-state index in [1.807, 2.05) is 16.9 Å². The highest BCUT2D eigenvalue weighted by Gasteiger charge is 2.15. The largest absolute Gasteiger partial charge is 0.356 e. The van der Waals surface area contributed by atoms with Crippen LogP contribution in [-0.2, 0) is 11.3 Å². The van der Waals surface area contributed by atoms with Gasteiger partial charge in [0.1, 0.15) is 0 Å².